The highest BCUT2D eigenvalue weighted by Gasteiger charge is 2.31. The highest BCUT2D eigenvalue weighted by molar-refractivity contribution is 6.12. The molecule has 222 valence electrons. The monoisotopic (exact) mass is 574 g/mol. The van der Waals surface area contributed by atoms with Crippen molar-refractivity contribution in [3.8, 4) is 22.4 Å². The smallest absolute Gasteiger partial charge is 0.258 e. The lowest BCUT2D eigenvalue weighted by atomic mass is 9.94. The summed E-state index contributed by atoms with van der Waals surface area (Å²) >= 11 is 0. The zero-order chi connectivity index (χ0) is 30.2. The van der Waals surface area contributed by atoms with Gasteiger partial charge in [-0.25, -0.2) is 4.39 Å². The lowest BCUT2D eigenvalue weighted by Gasteiger charge is -2.22. The first-order chi connectivity index (χ1) is 20.2. The van der Waals surface area contributed by atoms with Gasteiger partial charge in [-0.2, -0.15) is 0 Å². The van der Waals surface area contributed by atoms with Crippen LogP contribution in [0.25, 0.3) is 22.4 Å². The molecule has 0 aliphatic rings. The minimum Gasteiger partial charge on any atom is -0.393 e. The Labute approximate surface area is 246 Å². The Hall–Kier alpha value is -3.82. The van der Waals surface area contributed by atoms with Gasteiger partial charge in [-0.05, 0) is 66.3 Å². The Morgan fingerprint density at radius 1 is 0.881 bits per heavy atom. The van der Waals surface area contributed by atoms with Crippen molar-refractivity contribution in [3.63, 3.8) is 0 Å². The van der Waals surface area contributed by atoms with E-state index >= 15 is 0 Å². The number of carbonyl (C=O) groups excluding carboxylic acids is 1. The van der Waals surface area contributed by atoms with E-state index in [9.17, 15) is 24.5 Å². The van der Waals surface area contributed by atoms with Crippen LogP contribution in [-0.4, -0.2) is 51.4 Å². The maximum Gasteiger partial charge on any atom is 0.258 e. The van der Waals surface area contributed by atoms with Crippen LogP contribution in [0.1, 0.15) is 55.1 Å². The molecule has 42 heavy (non-hydrogen) atoms. The molecular weight excluding hydrogens is 535 g/mol. The van der Waals surface area contributed by atoms with Crippen molar-refractivity contribution in [2.24, 2.45) is 0 Å². The summed E-state index contributed by atoms with van der Waals surface area (Å²) in [7, 11) is 1.47. The molecule has 2 atom stereocenters. The molecule has 0 spiro atoms. The van der Waals surface area contributed by atoms with Crippen molar-refractivity contribution < 1.29 is 29.2 Å². The second kappa shape index (κ2) is 14.4. The Balaban J connectivity index is 1.88. The summed E-state index contributed by atoms with van der Waals surface area (Å²) in [6.07, 6.45) is -2.36. The van der Waals surface area contributed by atoms with Crippen molar-refractivity contribution in [1.29, 1.82) is 0 Å². The average molecular weight is 575 g/mol. The molecule has 4 rings (SSSR count). The highest BCUT2D eigenvalue weighted by Crippen LogP contribution is 2.42. The average Bonchev–Trinajstić information content (AvgIpc) is 3.32. The fourth-order valence-corrected chi connectivity index (χ4v) is 5.43. The molecule has 0 aliphatic heterocycles. The third-order valence-electron chi connectivity index (χ3n) is 7.32. The number of nitrogens with zero attached hydrogens (tertiary/aromatic N) is 1. The summed E-state index contributed by atoms with van der Waals surface area (Å²) in [4.78, 5) is 14.1. The molecule has 1 heterocycles. The summed E-state index contributed by atoms with van der Waals surface area (Å²) in [6.45, 7) is 4.40. The minimum atomic E-state index is -1.54. The number of carbonyl (C=O) groups is 1. The highest BCUT2D eigenvalue weighted by atomic mass is 19.1. The van der Waals surface area contributed by atoms with Crippen molar-refractivity contribution >= 4 is 11.6 Å². The number of para-hydroxylation sites is 1. The van der Waals surface area contributed by atoms with Crippen molar-refractivity contribution in [2.45, 2.75) is 64.1 Å². The number of methoxy groups -OCH3 is 1. The minimum absolute atomic E-state index is 0.0168. The third-order valence-corrected chi connectivity index (χ3v) is 7.32. The number of nitrogens with one attached hydrogen (secondary N) is 1. The third kappa shape index (κ3) is 7.52. The zero-order valence-electron chi connectivity index (χ0n) is 24.2. The molecule has 1 amide bonds. The number of aromatic nitrogens is 1. The van der Waals surface area contributed by atoms with Crippen LogP contribution in [0, 0.1) is 5.82 Å². The largest absolute Gasteiger partial charge is 0.393 e. The van der Waals surface area contributed by atoms with Crippen LogP contribution in [0.5, 0.6) is 0 Å². The Bertz CT molecular complexity index is 1440. The number of hydrogen-bond donors (Lipinski definition) is 4. The van der Waals surface area contributed by atoms with E-state index in [1.165, 1.54) is 19.2 Å². The van der Waals surface area contributed by atoms with E-state index in [1.54, 1.807) is 12.1 Å². The van der Waals surface area contributed by atoms with E-state index < -0.39 is 18.5 Å². The molecule has 7 nitrogen and oxygen atoms in total. The number of benzene rings is 3. The Kier molecular flexibility index (Phi) is 10.7. The van der Waals surface area contributed by atoms with Gasteiger partial charge in [-0.1, -0.05) is 62.4 Å². The molecule has 0 saturated carbocycles. The van der Waals surface area contributed by atoms with Crippen LogP contribution in [-0.2, 0) is 11.3 Å². The van der Waals surface area contributed by atoms with Crippen LogP contribution >= 0.6 is 0 Å². The Morgan fingerprint density at radius 3 is 2.07 bits per heavy atom. The predicted molar refractivity (Wildman–Crippen MR) is 163 cm³/mol. The molecule has 0 saturated heterocycles. The molecule has 0 bridgehead atoms. The van der Waals surface area contributed by atoms with Crippen LogP contribution in [0.15, 0.2) is 84.9 Å². The second-order valence-electron chi connectivity index (χ2n) is 10.7. The number of aliphatic hydroxyl groups excluding tert-OH is 2. The van der Waals surface area contributed by atoms with Gasteiger partial charge in [-0.15, -0.1) is 0 Å². The molecule has 0 radical (unpaired) electrons. The molecule has 0 unspecified atom stereocenters. The van der Waals surface area contributed by atoms with Gasteiger partial charge in [-0.3, -0.25) is 4.79 Å². The van der Waals surface area contributed by atoms with E-state index in [0.717, 1.165) is 28.1 Å². The topological polar surface area (TPSA) is 104 Å². The summed E-state index contributed by atoms with van der Waals surface area (Å²) in [5.41, 5.74) is 5.04. The van der Waals surface area contributed by atoms with Gasteiger partial charge in [0.05, 0.1) is 23.5 Å². The molecule has 4 N–H and O–H groups in total. The van der Waals surface area contributed by atoms with Crippen molar-refractivity contribution in [2.75, 3.05) is 12.4 Å². The van der Waals surface area contributed by atoms with E-state index in [2.05, 4.69) is 9.88 Å². The molecule has 1 aromatic heterocycles. The maximum absolute atomic E-state index is 14.1. The standard InChI is InChI=1S/C34H39FN2O5/c1-22(2)32-31(34(41)36-26-12-8-5-9-13-26)30(23-10-6-4-7-11-23)33(24-14-16-25(35)17-15-24)37(32)19-18-27(38)20-28(42-3)21-29(39)40/h4-17,22,27-29,38-40H,18-21H2,1-3H3,(H,36,41)/t27-,28-/m1/s1. The van der Waals surface area contributed by atoms with Crippen molar-refractivity contribution in [3.05, 3.63) is 102 Å². The molecule has 4 aromatic rings. The van der Waals surface area contributed by atoms with Crippen molar-refractivity contribution in [1.82, 2.24) is 4.57 Å². The summed E-state index contributed by atoms with van der Waals surface area (Å²) < 4.78 is 21.5. The second-order valence-corrected chi connectivity index (χ2v) is 10.7. The first-order valence-corrected chi connectivity index (χ1v) is 14.2. The van der Waals surface area contributed by atoms with Crippen LogP contribution in [0.4, 0.5) is 10.1 Å². The van der Waals surface area contributed by atoms with E-state index in [0.29, 0.717) is 24.2 Å². The number of amides is 1. The van der Waals surface area contributed by atoms with Gasteiger partial charge in [0, 0.05) is 37.0 Å². The maximum atomic E-state index is 14.1. The summed E-state index contributed by atoms with van der Waals surface area (Å²) in [6, 6.07) is 25.1. The normalized spacial score (nSPS) is 13.0. The lowest BCUT2D eigenvalue weighted by Crippen LogP contribution is -2.25. The number of anilines is 1. The number of ether oxygens (including phenoxy) is 1. The van der Waals surface area contributed by atoms with Gasteiger partial charge in [0.15, 0.2) is 6.29 Å². The fraction of sp³-hybridized carbons (Fsp3) is 0.324. The van der Waals surface area contributed by atoms with Gasteiger partial charge in [0.1, 0.15) is 5.82 Å². The van der Waals surface area contributed by atoms with Gasteiger partial charge >= 0.3 is 0 Å². The Morgan fingerprint density at radius 2 is 1.50 bits per heavy atom. The number of rotatable bonds is 13. The van der Waals surface area contributed by atoms with Gasteiger partial charge in [0.25, 0.3) is 5.91 Å². The van der Waals surface area contributed by atoms with Gasteiger partial charge < -0.3 is 29.9 Å². The zero-order valence-corrected chi connectivity index (χ0v) is 24.2. The predicted octanol–water partition coefficient (Wildman–Crippen LogP) is 6.19. The van der Waals surface area contributed by atoms with E-state index in [-0.39, 0.29) is 30.5 Å². The molecule has 0 fully saturated rings. The number of hydrogen-bond acceptors (Lipinski definition) is 5. The SMILES string of the molecule is CO[C@@H](CC(O)O)C[C@H](O)CCn1c(-c2ccc(F)cc2)c(-c2ccccc2)c(C(=O)Nc2ccccc2)c1C(C)C. The number of aliphatic hydroxyl groups is 3. The van der Waals surface area contributed by atoms with E-state index in [1.807, 2.05) is 74.5 Å². The van der Waals surface area contributed by atoms with Crippen LogP contribution in [0.2, 0.25) is 0 Å². The van der Waals surface area contributed by atoms with Crippen LogP contribution < -0.4 is 5.32 Å². The van der Waals surface area contributed by atoms with Crippen LogP contribution in [0.3, 0.4) is 0 Å². The van der Waals surface area contributed by atoms with E-state index in [4.69, 9.17) is 4.74 Å². The lowest BCUT2D eigenvalue weighted by molar-refractivity contribution is -0.0839. The molecule has 0 aliphatic carbocycles. The first kappa shape index (κ1) is 31.1. The summed E-state index contributed by atoms with van der Waals surface area (Å²) in [5.74, 6) is -0.703. The molecule has 3 aromatic carbocycles. The number of halogens is 1. The first-order valence-electron chi connectivity index (χ1n) is 14.2. The molecular formula is C34H39FN2O5. The quantitative estimate of drug-likeness (QED) is 0.143. The fourth-order valence-electron chi connectivity index (χ4n) is 5.43. The summed E-state index contributed by atoms with van der Waals surface area (Å²) in [5, 5.41) is 32.8. The van der Waals surface area contributed by atoms with Gasteiger partial charge in [0.2, 0.25) is 0 Å². The molecule has 8 heteroatoms.